The van der Waals surface area contributed by atoms with E-state index >= 15 is 0 Å². The van der Waals surface area contributed by atoms with E-state index in [1.165, 1.54) is 11.6 Å². The molecule has 1 aromatic carbocycles. The SMILES string of the molecule is CCc1ccccc1COCC1=CC(=O)NC1=O. The maximum absolute atomic E-state index is 11.3. The summed E-state index contributed by atoms with van der Waals surface area (Å²) in [5.74, 6) is -0.726. The maximum Gasteiger partial charge on any atom is 0.256 e. The quantitative estimate of drug-likeness (QED) is 0.797. The van der Waals surface area contributed by atoms with Crippen molar-refractivity contribution in [2.45, 2.75) is 20.0 Å². The monoisotopic (exact) mass is 245 g/mol. The number of hydrogen-bond acceptors (Lipinski definition) is 3. The van der Waals surface area contributed by atoms with E-state index in [9.17, 15) is 9.59 Å². The molecule has 0 atom stereocenters. The molecule has 1 aliphatic heterocycles. The van der Waals surface area contributed by atoms with Crippen molar-refractivity contribution in [2.75, 3.05) is 6.61 Å². The van der Waals surface area contributed by atoms with Gasteiger partial charge in [-0.25, -0.2) is 0 Å². The number of carbonyl (C=O) groups excluding carboxylic acids is 2. The Balaban J connectivity index is 1.91. The molecule has 1 aliphatic rings. The molecule has 4 heteroatoms. The van der Waals surface area contributed by atoms with Gasteiger partial charge in [0.05, 0.1) is 13.2 Å². The number of hydrogen-bond donors (Lipinski definition) is 1. The molecule has 0 unspecified atom stereocenters. The molecule has 0 aromatic heterocycles. The molecule has 0 aliphatic carbocycles. The number of aryl methyl sites for hydroxylation is 1. The lowest BCUT2D eigenvalue weighted by Crippen LogP contribution is -2.23. The van der Waals surface area contributed by atoms with Gasteiger partial charge in [0.1, 0.15) is 0 Å². The summed E-state index contributed by atoms with van der Waals surface area (Å²) in [6.07, 6.45) is 2.23. The molecular formula is C14H15NO3. The second-order valence-electron chi connectivity index (χ2n) is 4.10. The fraction of sp³-hybridized carbons (Fsp3) is 0.286. The molecule has 94 valence electrons. The van der Waals surface area contributed by atoms with E-state index in [1.807, 2.05) is 18.2 Å². The van der Waals surface area contributed by atoms with Crippen LogP contribution >= 0.6 is 0 Å². The van der Waals surface area contributed by atoms with Gasteiger partial charge >= 0.3 is 0 Å². The zero-order valence-corrected chi connectivity index (χ0v) is 10.2. The number of ether oxygens (including phenoxy) is 1. The van der Waals surface area contributed by atoms with Gasteiger partial charge in [0, 0.05) is 11.6 Å². The topological polar surface area (TPSA) is 55.4 Å². The second kappa shape index (κ2) is 5.60. The first-order chi connectivity index (χ1) is 8.70. The van der Waals surface area contributed by atoms with Gasteiger partial charge in [-0.05, 0) is 17.5 Å². The van der Waals surface area contributed by atoms with E-state index in [0.29, 0.717) is 12.2 Å². The minimum Gasteiger partial charge on any atom is -0.372 e. The average Bonchev–Trinajstić information content (AvgIpc) is 2.68. The first kappa shape index (κ1) is 12.5. The van der Waals surface area contributed by atoms with Gasteiger partial charge in [-0.15, -0.1) is 0 Å². The first-order valence-electron chi connectivity index (χ1n) is 5.91. The van der Waals surface area contributed by atoms with Crippen LogP contribution in [-0.4, -0.2) is 18.4 Å². The predicted octanol–water partition coefficient (Wildman–Crippen LogP) is 1.35. The number of nitrogens with one attached hydrogen (secondary N) is 1. The number of rotatable bonds is 5. The van der Waals surface area contributed by atoms with Gasteiger partial charge in [-0.1, -0.05) is 31.2 Å². The van der Waals surface area contributed by atoms with Crippen molar-refractivity contribution in [3.8, 4) is 0 Å². The third-order valence-electron chi connectivity index (χ3n) is 2.85. The van der Waals surface area contributed by atoms with Crippen molar-refractivity contribution >= 4 is 11.8 Å². The first-order valence-corrected chi connectivity index (χ1v) is 5.91. The zero-order valence-electron chi connectivity index (χ0n) is 10.2. The van der Waals surface area contributed by atoms with Crippen LogP contribution in [0.4, 0.5) is 0 Å². The molecule has 0 fully saturated rings. The Hall–Kier alpha value is -1.94. The van der Waals surface area contributed by atoms with Crippen LogP contribution in [0.3, 0.4) is 0 Å². The average molecular weight is 245 g/mol. The zero-order chi connectivity index (χ0) is 13.0. The van der Waals surface area contributed by atoms with E-state index < -0.39 is 0 Å². The molecule has 0 radical (unpaired) electrons. The Kier molecular flexibility index (Phi) is 3.89. The Morgan fingerprint density at radius 1 is 1.11 bits per heavy atom. The summed E-state index contributed by atoms with van der Waals surface area (Å²) >= 11 is 0. The van der Waals surface area contributed by atoms with Crippen LogP contribution in [0.1, 0.15) is 18.1 Å². The van der Waals surface area contributed by atoms with Gasteiger partial charge in [-0.2, -0.15) is 0 Å². The number of benzene rings is 1. The molecule has 18 heavy (non-hydrogen) atoms. The summed E-state index contributed by atoms with van der Waals surface area (Å²) in [4.78, 5) is 22.2. The van der Waals surface area contributed by atoms with Crippen LogP contribution in [0.25, 0.3) is 0 Å². The molecule has 1 aromatic rings. The highest BCUT2D eigenvalue weighted by atomic mass is 16.5. The van der Waals surface area contributed by atoms with Crippen molar-refractivity contribution in [3.63, 3.8) is 0 Å². The summed E-state index contributed by atoms with van der Waals surface area (Å²) in [6, 6.07) is 8.02. The summed E-state index contributed by atoms with van der Waals surface area (Å²) in [7, 11) is 0. The molecule has 2 amide bonds. The van der Waals surface area contributed by atoms with Gasteiger partial charge in [0.15, 0.2) is 0 Å². The molecule has 4 nitrogen and oxygen atoms in total. The Labute approximate surface area is 106 Å². The number of imide groups is 1. The molecular weight excluding hydrogens is 230 g/mol. The molecule has 0 bridgehead atoms. The van der Waals surface area contributed by atoms with E-state index in [0.717, 1.165) is 12.0 Å². The van der Waals surface area contributed by atoms with Gasteiger partial charge in [0.25, 0.3) is 11.8 Å². The minimum absolute atomic E-state index is 0.162. The van der Waals surface area contributed by atoms with E-state index in [2.05, 4.69) is 18.3 Å². The van der Waals surface area contributed by atoms with Gasteiger partial charge in [-0.3, -0.25) is 14.9 Å². The predicted molar refractivity (Wildman–Crippen MR) is 66.7 cm³/mol. The van der Waals surface area contributed by atoms with Crippen LogP contribution in [0, 0.1) is 0 Å². The van der Waals surface area contributed by atoms with Crippen molar-refractivity contribution in [2.24, 2.45) is 0 Å². The highest BCUT2D eigenvalue weighted by Crippen LogP contribution is 2.12. The molecule has 0 saturated heterocycles. The molecule has 2 rings (SSSR count). The fourth-order valence-electron chi connectivity index (χ4n) is 1.87. The lowest BCUT2D eigenvalue weighted by molar-refractivity contribution is -0.124. The Morgan fingerprint density at radius 2 is 1.83 bits per heavy atom. The normalized spacial score (nSPS) is 14.6. The van der Waals surface area contributed by atoms with Crippen LogP contribution in [0.2, 0.25) is 0 Å². The van der Waals surface area contributed by atoms with Crippen LogP contribution < -0.4 is 5.32 Å². The fourth-order valence-corrected chi connectivity index (χ4v) is 1.87. The standard InChI is InChI=1S/C14H15NO3/c1-2-10-5-3-4-6-11(10)8-18-9-12-7-13(16)15-14(12)17/h3-7H,2,8-9H2,1H3,(H,15,16,17). The maximum atomic E-state index is 11.3. The highest BCUT2D eigenvalue weighted by Gasteiger charge is 2.20. The largest absolute Gasteiger partial charge is 0.372 e. The summed E-state index contributed by atoms with van der Waals surface area (Å²) in [6.45, 7) is 2.70. The van der Waals surface area contributed by atoms with Crippen LogP contribution in [-0.2, 0) is 27.4 Å². The van der Waals surface area contributed by atoms with Gasteiger partial charge < -0.3 is 4.74 Å². The van der Waals surface area contributed by atoms with E-state index in [1.54, 1.807) is 0 Å². The third kappa shape index (κ3) is 2.84. The van der Waals surface area contributed by atoms with Crippen molar-refractivity contribution in [3.05, 3.63) is 47.0 Å². The second-order valence-corrected chi connectivity index (χ2v) is 4.10. The van der Waals surface area contributed by atoms with Crippen molar-refractivity contribution in [1.82, 2.24) is 5.32 Å². The number of carbonyl (C=O) groups is 2. The molecule has 1 heterocycles. The third-order valence-corrected chi connectivity index (χ3v) is 2.85. The molecule has 0 spiro atoms. The highest BCUT2D eigenvalue weighted by molar-refractivity contribution is 6.16. The lowest BCUT2D eigenvalue weighted by atomic mass is 10.1. The molecule has 1 N–H and O–H groups in total. The Morgan fingerprint density at radius 3 is 2.44 bits per heavy atom. The van der Waals surface area contributed by atoms with Crippen LogP contribution in [0.5, 0.6) is 0 Å². The number of amides is 2. The molecule has 0 saturated carbocycles. The van der Waals surface area contributed by atoms with Gasteiger partial charge in [0.2, 0.25) is 0 Å². The van der Waals surface area contributed by atoms with E-state index in [4.69, 9.17) is 4.74 Å². The summed E-state index contributed by atoms with van der Waals surface area (Å²) in [5.41, 5.74) is 2.73. The summed E-state index contributed by atoms with van der Waals surface area (Å²) < 4.78 is 5.48. The lowest BCUT2D eigenvalue weighted by Gasteiger charge is -2.08. The van der Waals surface area contributed by atoms with Crippen molar-refractivity contribution < 1.29 is 14.3 Å². The van der Waals surface area contributed by atoms with Crippen molar-refractivity contribution in [1.29, 1.82) is 0 Å². The summed E-state index contributed by atoms with van der Waals surface area (Å²) in [5, 5.41) is 2.19. The smallest absolute Gasteiger partial charge is 0.256 e. The van der Waals surface area contributed by atoms with Crippen LogP contribution in [0.15, 0.2) is 35.9 Å². The minimum atomic E-state index is -0.368. The Bertz CT molecular complexity index is 506. The van der Waals surface area contributed by atoms with E-state index in [-0.39, 0.29) is 18.4 Å².